The number of hydrogen-bond donors (Lipinski definition) is 24. The standard InChI is InChI=1S/C94H125N21O22S/c1-50(2)37-58-45-101-65(32-33-80(124)125)84(128)108-67(38-51(3)4)82(126)103-47-78(122)105-70(42-57-44-100-64-12-7-6-11-63(57)64)88(132)113-81(52(5)56-22-30-62(119)31-23-56)91(135)112-73(83(127)102-46-77(96)121)48-138-49-79(123)106-68(39-53-16-24-59(116)25-17-53)85(129)109-71(43-76(95)120)87(131)111-72(41-55-20-28-61(118)29-21-55)93(137)115-36-10-15-75(115)90(134)110-69(40-54-18-26-60(117)27-19-54)86(130)107-66(13-8-34-99-94(97)98)92(136)114-35-9-14-74(114)89(133)104-58/h6-7,11-12,16-31,44,50-52,58,65-75,81,100-101,116-119H,8-10,13-15,32-43,45-49H2,1-5H3,(H2,95,120)(H2,96,121)(H,102,127)(H,103,126)(H,104,133)(H,105,122)(H,106,123)(H,107,130)(H,108,128)(H,109,129)(H,110,134)(H,111,131)(H,112,135)(H,113,132)(H,124,125)(H4,97,98,99)/t52-,58+,65+,66+,67+,68-,69+,70+,71+,72+,73+,74+,75+,81+/m1/s1. The summed E-state index contributed by atoms with van der Waals surface area (Å²) in [5, 5.41) is 97.6. The molecule has 138 heavy (non-hydrogen) atoms. The first-order chi connectivity index (χ1) is 65.6. The molecule has 0 unspecified atom stereocenters. The summed E-state index contributed by atoms with van der Waals surface area (Å²) in [6.07, 6.45) is -0.864. The highest BCUT2D eigenvalue weighted by molar-refractivity contribution is 8.00. The van der Waals surface area contributed by atoms with Crippen molar-refractivity contribution in [2.24, 2.45) is 29.0 Å². The second kappa shape index (κ2) is 51.9. The minimum Gasteiger partial charge on any atom is -0.508 e. The molecule has 44 heteroatoms. The fourth-order valence-corrected chi connectivity index (χ4v) is 17.4. The van der Waals surface area contributed by atoms with E-state index in [9.17, 15) is 73.5 Å². The predicted molar refractivity (Wildman–Crippen MR) is 506 cm³/mol. The van der Waals surface area contributed by atoms with Gasteiger partial charge in [0.25, 0.3) is 0 Å². The molecular formula is C94H125N21O22S. The summed E-state index contributed by atoms with van der Waals surface area (Å²) in [4.78, 5) is 253. The monoisotopic (exact) mass is 1930 g/mol. The van der Waals surface area contributed by atoms with E-state index in [0.29, 0.717) is 56.9 Å². The van der Waals surface area contributed by atoms with Crippen molar-refractivity contribution in [3.05, 3.63) is 155 Å². The van der Waals surface area contributed by atoms with Gasteiger partial charge in [0.15, 0.2) is 5.96 Å². The Morgan fingerprint density at radius 1 is 0.493 bits per heavy atom. The Balaban J connectivity index is 1.10. The number of aromatic hydroxyl groups is 4. The number of fused-ring (bicyclic) bond motifs is 3. The molecule has 3 aliphatic heterocycles. The van der Waals surface area contributed by atoms with E-state index in [-0.39, 0.29) is 138 Å². The van der Waals surface area contributed by atoms with Crippen molar-refractivity contribution < 1.29 is 107 Å². The number of carbonyl (C=O) groups excluding carboxylic acids is 16. The van der Waals surface area contributed by atoms with Crippen LogP contribution in [0.2, 0.25) is 0 Å². The van der Waals surface area contributed by atoms with E-state index >= 15 is 33.6 Å². The number of carbonyl (C=O) groups is 17. The Kier molecular flexibility index (Phi) is 40.3. The molecule has 5 aromatic carbocycles. The highest BCUT2D eigenvalue weighted by Crippen LogP contribution is 2.28. The van der Waals surface area contributed by atoms with Crippen LogP contribution in [0.4, 0.5) is 0 Å². The highest BCUT2D eigenvalue weighted by atomic mass is 32.2. The van der Waals surface area contributed by atoms with Gasteiger partial charge < -0.3 is 132 Å². The maximum absolute atomic E-state index is 15.5. The molecule has 744 valence electrons. The summed E-state index contributed by atoms with van der Waals surface area (Å²) >= 11 is 0.705. The maximum atomic E-state index is 15.5. The van der Waals surface area contributed by atoms with Crippen LogP contribution >= 0.6 is 11.8 Å². The van der Waals surface area contributed by atoms with Gasteiger partial charge in [-0.15, -0.1) is 11.8 Å². The Hall–Kier alpha value is -14.6. The number of para-hydroxylation sites is 1. The molecule has 0 saturated carbocycles. The van der Waals surface area contributed by atoms with Gasteiger partial charge in [-0.2, -0.15) is 0 Å². The Morgan fingerprint density at radius 3 is 1.54 bits per heavy atom. The van der Waals surface area contributed by atoms with Crippen LogP contribution in [0, 0.1) is 17.2 Å². The summed E-state index contributed by atoms with van der Waals surface area (Å²) in [5.74, 6) is -20.4. The van der Waals surface area contributed by atoms with E-state index in [1.807, 2.05) is 13.8 Å². The number of carboxylic acids is 1. The number of aromatic amines is 1. The lowest BCUT2D eigenvalue weighted by Gasteiger charge is -2.32. The van der Waals surface area contributed by atoms with Gasteiger partial charge in [0.2, 0.25) is 94.5 Å². The van der Waals surface area contributed by atoms with E-state index in [2.05, 4.69) is 79.4 Å². The van der Waals surface area contributed by atoms with Crippen molar-refractivity contribution in [1.29, 1.82) is 5.41 Å². The normalized spacial score (nSPS) is 23.3. The van der Waals surface area contributed by atoms with Gasteiger partial charge in [-0.3, -0.25) is 86.9 Å². The molecule has 6 aromatic rings. The number of guanidine groups is 1. The van der Waals surface area contributed by atoms with Crippen molar-refractivity contribution in [3.63, 3.8) is 0 Å². The zero-order valence-electron chi connectivity index (χ0n) is 77.3. The van der Waals surface area contributed by atoms with Gasteiger partial charge in [0.05, 0.1) is 31.3 Å². The van der Waals surface area contributed by atoms with E-state index in [1.165, 1.54) is 109 Å². The third-order valence-corrected chi connectivity index (χ3v) is 24.7. The number of nitrogens with zero attached hydrogens (tertiary/aromatic N) is 2. The van der Waals surface area contributed by atoms with E-state index in [0.717, 1.165) is 4.90 Å². The van der Waals surface area contributed by atoms with Gasteiger partial charge in [-0.25, -0.2) is 0 Å². The van der Waals surface area contributed by atoms with Gasteiger partial charge in [0.1, 0.15) is 89.5 Å². The van der Waals surface area contributed by atoms with Crippen molar-refractivity contribution in [3.8, 4) is 23.0 Å². The first-order valence-electron chi connectivity index (χ1n) is 45.7. The maximum Gasteiger partial charge on any atom is 0.303 e. The van der Waals surface area contributed by atoms with Crippen molar-refractivity contribution in [2.45, 2.75) is 215 Å². The molecule has 0 spiro atoms. The van der Waals surface area contributed by atoms with Gasteiger partial charge in [-0.05, 0) is 152 Å². The number of thioether (sulfide) groups is 1. The third kappa shape index (κ3) is 33.2. The first-order valence-corrected chi connectivity index (χ1v) is 46.8. The Morgan fingerprint density at radius 2 is 0.978 bits per heavy atom. The largest absolute Gasteiger partial charge is 0.508 e. The summed E-state index contributed by atoms with van der Waals surface area (Å²) in [6, 6.07) is 9.50. The second-order valence-electron chi connectivity index (χ2n) is 35.5. The Bertz CT molecular complexity index is 5320. The topological polar surface area (TPSA) is 684 Å². The molecule has 0 aliphatic carbocycles. The molecular weight excluding hydrogens is 1810 g/mol. The molecule has 3 saturated heterocycles. The summed E-state index contributed by atoms with van der Waals surface area (Å²) in [5.41, 5.74) is 19.4. The third-order valence-electron chi connectivity index (χ3n) is 23.6. The van der Waals surface area contributed by atoms with Gasteiger partial charge in [0, 0.05) is 93.1 Å². The van der Waals surface area contributed by atoms with Crippen LogP contribution in [0.5, 0.6) is 23.0 Å². The number of carboxylic acid groups (broad SMARTS) is 1. The number of primary amides is 2. The van der Waals surface area contributed by atoms with E-state index < -0.39 is 228 Å². The van der Waals surface area contributed by atoms with Crippen LogP contribution < -0.4 is 91.6 Å². The van der Waals surface area contributed by atoms with Crippen LogP contribution in [0.15, 0.2) is 128 Å². The number of hydrogen-bond acceptors (Lipinski definition) is 24. The lowest BCUT2D eigenvalue weighted by Crippen LogP contribution is -2.61. The summed E-state index contributed by atoms with van der Waals surface area (Å²) in [6.45, 7) is 6.88. The Labute approximate surface area is 800 Å². The van der Waals surface area contributed by atoms with Crippen molar-refractivity contribution in [2.75, 3.05) is 50.8 Å². The molecule has 16 amide bonds. The fourth-order valence-electron chi connectivity index (χ4n) is 16.6. The minimum atomic E-state index is -1.94. The zero-order chi connectivity index (χ0) is 101. The SMILES string of the molecule is CC(C)C[C@H]1CN[C@@H](CCC(=O)O)C(=O)N[C@@H](CC(C)C)C(=O)NCC(=O)N[C@@H](Cc2c[nH]c3ccccc23)C(=O)N[C@@H]([C@H](C)c2ccc(O)cc2)C(=O)N[C@H](C(=O)NCC(N)=O)CSCC(=O)N[C@H](Cc2ccc(O)cc2)C(=O)N[C@@H](CC(N)=O)C(=O)N[C@@H](Cc2ccc(O)cc2)C(=O)N2CCC[C@H]2C(=O)N[C@@H](Cc2ccc(O)cc2)C(=O)N[C@@H](CCCNC(=N)N)C(=O)N2CCC[C@H]2C(=O)N1. The predicted octanol–water partition coefficient (Wildman–Crippen LogP) is -1.59. The first kappa shape index (κ1) is 107. The molecule has 14 atom stereocenters. The number of nitrogens with two attached hydrogens (primary N) is 3. The second-order valence-corrected chi connectivity index (χ2v) is 36.5. The lowest BCUT2D eigenvalue weighted by atomic mass is 9.91. The molecule has 0 bridgehead atoms. The number of aliphatic carboxylic acids is 1. The molecule has 43 nitrogen and oxygen atoms in total. The van der Waals surface area contributed by atoms with Crippen LogP contribution in [-0.2, 0) is 107 Å². The van der Waals surface area contributed by atoms with Crippen molar-refractivity contribution >= 4 is 129 Å². The zero-order valence-corrected chi connectivity index (χ0v) is 78.2. The molecule has 27 N–H and O–H groups in total. The number of phenols is 4. The van der Waals surface area contributed by atoms with Gasteiger partial charge >= 0.3 is 5.97 Å². The lowest BCUT2D eigenvalue weighted by molar-refractivity contribution is -0.143. The summed E-state index contributed by atoms with van der Waals surface area (Å²) < 4.78 is 0. The quantitative estimate of drug-likeness (QED) is 0.0165. The smallest absolute Gasteiger partial charge is 0.303 e. The number of nitrogens with one attached hydrogen (secondary N) is 16. The number of phenolic OH excluding ortho intramolecular Hbond substituents is 4. The van der Waals surface area contributed by atoms with Crippen molar-refractivity contribution in [1.82, 2.24) is 89.2 Å². The molecule has 0 radical (unpaired) electrons. The average molecular weight is 1930 g/mol. The number of H-pyrrole nitrogens is 1. The number of amides is 16. The molecule has 1 aromatic heterocycles. The molecule has 3 fully saturated rings. The number of rotatable bonds is 26. The van der Waals surface area contributed by atoms with Crippen LogP contribution in [0.1, 0.15) is 139 Å². The minimum absolute atomic E-state index is 0.00755. The van der Waals surface area contributed by atoms with Gasteiger partial charge in [-0.1, -0.05) is 101 Å². The van der Waals surface area contributed by atoms with Crippen LogP contribution in [-0.4, -0.2) is 276 Å². The number of aromatic nitrogens is 1. The molecule has 9 rings (SSSR count). The highest BCUT2D eigenvalue weighted by Gasteiger charge is 2.44. The van der Waals surface area contributed by atoms with E-state index in [1.54, 1.807) is 44.3 Å². The van der Waals surface area contributed by atoms with E-state index in [4.69, 9.17) is 22.6 Å². The number of benzene rings is 5. The summed E-state index contributed by atoms with van der Waals surface area (Å²) in [7, 11) is 0. The average Bonchev–Trinajstić information content (AvgIpc) is 1.60. The van der Waals surface area contributed by atoms with Crippen LogP contribution in [0.3, 0.4) is 0 Å². The molecule has 3 aliphatic rings. The molecule has 4 heterocycles. The fraction of sp³-hybridized carbons (Fsp3) is 0.468. The van der Waals surface area contributed by atoms with Crippen LogP contribution in [0.25, 0.3) is 10.9 Å².